The average molecular weight is 374 g/mol. The van der Waals surface area contributed by atoms with Gasteiger partial charge in [0, 0.05) is 6.54 Å². The predicted octanol–water partition coefficient (Wildman–Crippen LogP) is 4.11. The standard InChI is InChI=1S/C21H27NO3S/c1-3-17(4-2)19(15-22-14-18(23)20-11-8-12-26-20)25-21(24)13-16-9-6-5-7-10-16/h5-12,17,19,22H,3-4,13-15H2,1-2H3/t19-/m0/s1. The Morgan fingerprint density at radius 3 is 2.42 bits per heavy atom. The van der Waals surface area contributed by atoms with Gasteiger partial charge in [0.25, 0.3) is 0 Å². The number of ether oxygens (including phenoxy) is 1. The molecule has 0 saturated carbocycles. The maximum Gasteiger partial charge on any atom is 0.310 e. The van der Waals surface area contributed by atoms with Gasteiger partial charge in [0.2, 0.25) is 0 Å². The zero-order chi connectivity index (χ0) is 18.8. The SMILES string of the molecule is CCC(CC)[C@H](CNCC(=O)c1cccs1)OC(=O)Cc1ccccc1. The molecular weight excluding hydrogens is 346 g/mol. The van der Waals surface area contributed by atoms with Crippen molar-refractivity contribution in [3.05, 3.63) is 58.3 Å². The first-order valence-corrected chi connectivity index (χ1v) is 10.0. The highest BCUT2D eigenvalue weighted by Crippen LogP contribution is 2.17. The number of ketones is 1. The van der Waals surface area contributed by atoms with Crippen LogP contribution in [0.1, 0.15) is 41.9 Å². The summed E-state index contributed by atoms with van der Waals surface area (Å²) < 4.78 is 5.76. The van der Waals surface area contributed by atoms with Gasteiger partial charge in [-0.25, -0.2) is 0 Å². The van der Waals surface area contributed by atoms with E-state index < -0.39 is 0 Å². The minimum absolute atomic E-state index is 0.0684. The number of nitrogens with one attached hydrogen (secondary N) is 1. The van der Waals surface area contributed by atoms with E-state index in [1.165, 1.54) is 11.3 Å². The molecule has 4 nitrogen and oxygen atoms in total. The number of Topliss-reactive ketones (excluding diaryl/α,β-unsaturated/α-hetero) is 1. The number of carbonyl (C=O) groups excluding carboxylic acids is 2. The molecule has 0 saturated heterocycles. The van der Waals surface area contributed by atoms with E-state index in [1.807, 2.05) is 47.8 Å². The van der Waals surface area contributed by atoms with E-state index in [0.29, 0.717) is 6.54 Å². The molecule has 1 atom stereocenters. The maximum atomic E-state index is 12.3. The average Bonchev–Trinajstić information content (AvgIpc) is 3.18. The Kier molecular flexibility index (Phi) is 8.51. The van der Waals surface area contributed by atoms with Crippen molar-refractivity contribution in [3.8, 4) is 0 Å². The van der Waals surface area contributed by atoms with Crippen LogP contribution in [0.5, 0.6) is 0 Å². The molecule has 26 heavy (non-hydrogen) atoms. The third-order valence-corrected chi connectivity index (χ3v) is 5.39. The molecule has 0 spiro atoms. The Balaban J connectivity index is 1.88. The number of hydrogen-bond acceptors (Lipinski definition) is 5. The van der Waals surface area contributed by atoms with Crippen molar-refractivity contribution in [1.29, 1.82) is 0 Å². The van der Waals surface area contributed by atoms with E-state index in [-0.39, 0.29) is 36.7 Å². The molecular formula is C21H27NO3S. The van der Waals surface area contributed by atoms with Crippen LogP contribution in [-0.4, -0.2) is 30.9 Å². The largest absolute Gasteiger partial charge is 0.460 e. The molecule has 0 aliphatic heterocycles. The van der Waals surface area contributed by atoms with E-state index in [4.69, 9.17) is 4.74 Å². The molecule has 1 N–H and O–H groups in total. The van der Waals surface area contributed by atoms with Crippen LogP contribution in [0, 0.1) is 5.92 Å². The van der Waals surface area contributed by atoms with Crippen molar-refractivity contribution in [3.63, 3.8) is 0 Å². The highest BCUT2D eigenvalue weighted by Gasteiger charge is 2.23. The Morgan fingerprint density at radius 2 is 1.81 bits per heavy atom. The van der Waals surface area contributed by atoms with Crippen LogP contribution < -0.4 is 5.32 Å². The summed E-state index contributed by atoms with van der Waals surface area (Å²) in [7, 11) is 0. The molecule has 0 unspecified atom stereocenters. The lowest BCUT2D eigenvalue weighted by Gasteiger charge is -2.25. The van der Waals surface area contributed by atoms with Gasteiger partial charge < -0.3 is 10.1 Å². The van der Waals surface area contributed by atoms with Crippen LogP contribution >= 0.6 is 11.3 Å². The van der Waals surface area contributed by atoms with Crippen LogP contribution in [-0.2, 0) is 16.0 Å². The van der Waals surface area contributed by atoms with E-state index in [2.05, 4.69) is 19.2 Å². The lowest BCUT2D eigenvalue weighted by atomic mass is 9.96. The highest BCUT2D eigenvalue weighted by molar-refractivity contribution is 7.12. The monoisotopic (exact) mass is 373 g/mol. The van der Waals surface area contributed by atoms with Crippen molar-refractivity contribution in [2.75, 3.05) is 13.1 Å². The summed E-state index contributed by atoms with van der Waals surface area (Å²) in [6, 6.07) is 13.3. The first kappa shape index (κ1) is 20.3. The van der Waals surface area contributed by atoms with Gasteiger partial charge in [-0.05, 0) is 35.8 Å². The minimum atomic E-state index is -0.225. The lowest BCUT2D eigenvalue weighted by molar-refractivity contribution is -0.151. The molecule has 5 heteroatoms. The second kappa shape index (κ2) is 10.9. The van der Waals surface area contributed by atoms with Gasteiger partial charge in [-0.15, -0.1) is 11.3 Å². The predicted molar refractivity (Wildman–Crippen MR) is 106 cm³/mol. The normalized spacial score (nSPS) is 12.1. The number of esters is 1. The zero-order valence-electron chi connectivity index (χ0n) is 15.4. The summed E-state index contributed by atoms with van der Waals surface area (Å²) in [5.41, 5.74) is 0.946. The highest BCUT2D eigenvalue weighted by atomic mass is 32.1. The zero-order valence-corrected chi connectivity index (χ0v) is 16.3. The quantitative estimate of drug-likeness (QED) is 0.476. The van der Waals surface area contributed by atoms with Crippen molar-refractivity contribution >= 4 is 23.1 Å². The van der Waals surface area contributed by atoms with Crippen LogP contribution in [0.2, 0.25) is 0 Å². The van der Waals surface area contributed by atoms with Gasteiger partial charge in [-0.3, -0.25) is 9.59 Å². The topological polar surface area (TPSA) is 55.4 Å². The Labute approximate surface area is 159 Å². The van der Waals surface area contributed by atoms with Crippen molar-refractivity contribution in [2.45, 2.75) is 39.2 Å². The number of benzene rings is 1. The second-order valence-corrected chi connectivity index (χ2v) is 7.25. The molecule has 1 aromatic heterocycles. The summed E-state index contributed by atoms with van der Waals surface area (Å²) >= 11 is 1.44. The van der Waals surface area contributed by atoms with Crippen LogP contribution in [0.3, 0.4) is 0 Å². The summed E-state index contributed by atoms with van der Waals surface area (Å²) in [4.78, 5) is 25.2. The number of thiophene rings is 1. The molecule has 0 amide bonds. The van der Waals surface area contributed by atoms with E-state index >= 15 is 0 Å². The van der Waals surface area contributed by atoms with E-state index in [9.17, 15) is 9.59 Å². The molecule has 0 aliphatic rings. The van der Waals surface area contributed by atoms with Gasteiger partial charge in [0.1, 0.15) is 6.10 Å². The lowest BCUT2D eigenvalue weighted by Crippen LogP contribution is -2.38. The van der Waals surface area contributed by atoms with Gasteiger partial charge in [0.15, 0.2) is 5.78 Å². The van der Waals surface area contributed by atoms with Crippen molar-refractivity contribution in [2.24, 2.45) is 5.92 Å². The molecule has 2 rings (SSSR count). The summed E-state index contributed by atoms with van der Waals surface area (Å²) in [6.07, 6.45) is 1.91. The summed E-state index contributed by atoms with van der Waals surface area (Å²) in [5.74, 6) is 0.123. The second-order valence-electron chi connectivity index (χ2n) is 6.30. The third-order valence-electron chi connectivity index (χ3n) is 4.48. The smallest absolute Gasteiger partial charge is 0.310 e. The van der Waals surface area contributed by atoms with E-state index in [1.54, 1.807) is 0 Å². The summed E-state index contributed by atoms with van der Waals surface area (Å²) in [6.45, 7) is 4.95. The molecule has 2 aromatic rings. The maximum absolute atomic E-state index is 12.3. The van der Waals surface area contributed by atoms with E-state index in [0.717, 1.165) is 23.3 Å². The van der Waals surface area contributed by atoms with Crippen molar-refractivity contribution in [1.82, 2.24) is 5.32 Å². The fraction of sp³-hybridized carbons (Fsp3) is 0.429. The molecule has 0 aliphatic carbocycles. The summed E-state index contributed by atoms with van der Waals surface area (Å²) in [5, 5.41) is 5.07. The Morgan fingerprint density at radius 1 is 1.08 bits per heavy atom. The molecule has 1 aromatic carbocycles. The van der Waals surface area contributed by atoms with Gasteiger partial charge in [-0.1, -0.05) is 50.2 Å². The third kappa shape index (κ3) is 6.39. The first-order chi connectivity index (χ1) is 12.6. The molecule has 140 valence electrons. The van der Waals surface area contributed by atoms with Crippen LogP contribution in [0.15, 0.2) is 47.8 Å². The fourth-order valence-electron chi connectivity index (χ4n) is 2.94. The molecule has 1 heterocycles. The number of carbonyl (C=O) groups is 2. The molecule has 0 bridgehead atoms. The Hall–Kier alpha value is -1.98. The Bertz CT molecular complexity index is 666. The van der Waals surface area contributed by atoms with Gasteiger partial charge in [-0.2, -0.15) is 0 Å². The minimum Gasteiger partial charge on any atom is -0.460 e. The number of rotatable bonds is 11. The number of hydrogen-bond donors (Lipinski definition) is 1. The van der Waals surface area contributed by atoms with Crippen molar-refractivity contribution < 1.29 is 14.3 Å². The molecule has 0 radical (unpaired) electrons. The fourth-order valence-corrected chi connectivity index (χ4v) is 3.61. The molecule has 0 fully saturated rings. The van der Waals surface area contributed by atoms with Gasteiger partial charge >= 0.3 is 5.97 Å². The van der Waals surface area contributed by atoms with Crippen LogP contribution in [0.25, 0.3) is 0 Å². The first-order valence-electron chi connectivity index (χ1n) is 9.14. The van der Waals surface area contributed by atoms with Gasteiger partial charge in [0.05, 0.1) is 17.8 Å². The van der Waals surface area contributed by atoms with Crippen LogP contribution in [0.4, 0.5) is 0 Å².